The lowest BCUT2D eigenvalue weighted by atomic mass is 10.2. The van der Waals surface area contributed by atoms with Crippen LogP contribution in [0.4, 0.5) is 0 Å². The van der Waals surface area contributed by atoms with E-state index >= 15 is 0 Å². The maximum atomic E-state index is 11.5. The molecule has 0 radical (unpaired) electrons. The molecule has 0 atom stereocenters. The Balaban J connectivity index is 2.76. The zero-order chi connectivity index (χ0) is 11.3. The van der Waals surface area contributed by atoms with Crippen molar-refractivity contribution in [2.75, 3.05) is 12.8 Å². The molecule has 0 heterocycles. The van der Waals surface area contributed by atoms with Gasteiger partial charge >= 0.3 is 0 Å². The van der Waals surface area contributed by atoms with Crippen LogP contribution in [0.5, 0.6) is 0 Å². The van der Waals surface area contributed by atoms with Gasteiger partial charge in [0.2, 0.25) is 10.0 Å². The maximum Gasteiger partial charge on any atom is 0.211 e. The van der Waals surface area contributed by atoms with Crippen molar-refractivity contribution >= 4 is 10.0 Å². The highest BCUT2D eigenvalue weighted by Gasteiger charge is 2.15. The summed E-state index contributed by atoms with van der Waals surface area (Å²) in [5, 5.41) is 0. The lowest BCUT2D eigenvalue weighted by Crippen LogP contribution is -2.30. The molecule has 4 heteroatoms. The molecule has 1 rings (SSSR count). The van der Waals surface area contributed by atoms with Crippen molar-refractivity contribution in [1.29, 1.82) is 0 Å². The second-order valence-corrected chi connectivity index (χ2v) is 5.56. The molecular weight excluding hydrogens is 210 g/mol. The van der Waals surface area contributed by atoms with Crippen LogP contribution in [0, 0.1) is 0 Å². The van der Waals surface area contributed by atoms with E-state index in [0.717, 1.165) is 12.0 Å². The van der Waals surface area contributed by atoms with E-state index in [0.29, 0.717) is 13.1 Å². The fraction of sp³-hybridized carbons (Fsp3) is 0.455. The predicted molar refractivity (Wildman–Crippen MR) is 62.0 cm³/mol. The molecule has 0 saturated carbocycles. The van der Waals surface area contributed by atoms with Gasteiger partial charge in [-0.25, -0.2) is 8.42 Å². The van der Waals surface area contributed by atoms with E-state index in [9.17, 15) is 8.42 Å². The van der Waals surface area contributed by atoms with E-state index < -0.39 is 10.0 Å². The van der Waals surface area contributed by atoms with E-state index in [1.54, 1.807) is 0 Å². The minimum Gasteiger partial charge on any atom is -0.212 e. The first-order chi connectivity index (χ1) is 7.04. The second-order valence-electron chi connectivity index (χ2n) is 3.58. The molecule has 0 saturated heterocycles. The Hall–Kier alpha value is -0.870. The van der Waals surface area contributed by atoms with E-state index in [1.807, 2.05) is 37.3 Å². The van der Waals surface area contributed by atoms with Gasteiger partial charge in [-0.3, -0.25) is 0 Å². The summed E-state index contributed by atoms with van der Waals surface area (Å²) in [6.45, 7) is 3.02. The summed E-state index contributed by atoms with van der Waals surface area (Å²) >= 11 is 0. The number of benzene rings is 1. The van der Waals surface area contributed by atoms with Gasteiger partial charge in [-0.05, 0) is 12.0 Å². The SMILES string of the molecule is CCCN(Cc1ccccc1)S(C)(=O)=O. The van der Waals surface area contributed by atoms with Crippen molar-refractivity contribution in [3.63, 3.8) is 0 Å². The highest BCUT2D eigenvalue weighted by atomic mass is 32.2. The smallest absolute Gasteiger partial charge is 0.211 e. The fourth-order valence-corrected chi connectivity index (χ4v) is 2.30. The zero-order valence-electron chi connectivity index (χ0n) is 9.18. The molecule has 0 bridgehead atoms. The van der Waals surface area contributed by atoms with Gasteiger partial charge in [0.15, 0.2) is 0 Å². The molecule has 0 aliphatic heterocycles. The molecule has 0 fully saturated rings. The van der Waals surface area contributed by atoms with E-state index in [2.05, 4.69) is 0 Å². The van der Waals surface area contributed by atoms with Crippen molar-refractivity contribution in [3.05, 3.63) is 35.9 Å². The molecule has 0 aliphatic carbocycles. The summed E-state index contributed by atoms with van der Waals surface area (Å²) in [6, 6.07) is 9.64. The monoisotopic (exact) mass is 227 g/mol. The van der Waals surface area contributed by atoms with Crippen LogP contribution >= 0.6 is 0 Å². The fourth-order valence-electron chi connectivity index (χ4n) is 1.40. The van der Waals surface area contributed by atoms with Gasteiger partial charge in [0, 0.05) is 13.1 Å². The minimum atomic E-state index is -3.09. The molecule has 0 aliphatic rings. The van der Waals surface area contributed by atoms with Gasteiger partial charge in [0.1, 0.15) is 0 Å². The summed E-state index contributed by atoms with van der Waals surface area (Å²) in [4.78, 5) is 0. The third-order valence-electron chi connectivity index (χ3n) is 2.14. The van der Waals surface area contributed by atoms with Crippen LogP contribution in [0.2, 0.25) is 0 Å². The highest BCUT2D eigenvalue weighted by molar-refractivity contribution is 7.88. The van der Waals surface area contributed by atoms with Crippen molar-refractivity contribution in [1.82, 2.24) is 4.31 Å². The molecule has 0 spiro atoms. The Bertz CT molecular complexity index is 386. The molecule has 3 nitrogen and oxygen atoms in total. The molecule has 1 aromatic rings. The summed E-state index contributed by atoms with van der Waals surface area (Å²) in [5.41, 5.74) is 1.02. The van der Waals surface area contributed by atoms with Crippen LogP contribution in [0.1, 0.15) is 18.9 Å². The Morgan fingerprint density at radius 1 is 1.20 bits per heavy atom. The van der Waals surface area contributed by atoms with Crippen LogP contribution in [0.25, 0.3) is 0 Å². The average Bonchev–Trinajstić information content (AvgIpc) is 2.17. The van der Waals surface area contributed by atoms with Gasteiger partial charge in [-0.15, -0.1) is 0 Å². The Morgan fingerprint density at radius 3 is 2.27 bits per heavy atom. The third kappa shape index (κ3) is 4.01. The molecule has 0 amide bonds. The van der Waals surface area contributed by atoms with Crippen molar-refractivity contribution in [2.24, 2.45) is 0 Å². The first-order valence-electron chi connectivity index (χ1n) is 5.03. The number of nitrogens with zero attached hydrogens (tertiary/aromatic N) is 1. The Morgan fingerprint density at radius 2 is 1.80 bits per heavy atom. The zero-order valence-corrected chi connectivity index (χ0v) is 10.00. The molecule has 15 heavy (non-hydrogen) atoms. The van der Waals surface area contributed by atoms with Crippen LogP contribution in [-0.2, 0) is 16.6 Å². The van der Waals surface area contributed by atoms with Crippen LogP contribution in [0.15, 0.2) is 30.3 Å². The van der Waals surface area contributed by atoms with Gasteiger partial charge in [-0.2, -0.15) is 4.31 Å². The molecule has 84 valence electrons. The largest absolute Gasteiger partial charge is 0.212 e. The number of hydrogen-bond donors (Lipinski definition) is 0. The van der Waals surface area contributed by atoms with Crippen molar-refractivity contribution < 1.29 is 8.42 Å². The molecule has 0 aromatic heterocycles. The average molecular weight is 227 g/mol. The molecular formula is C11H17NO2S. The van der Waals surface area contributed by atoms with E-state index in [1.165, 1.54) is 10.6 Å². The first kappa shape index (κ1) is 12.2. The van der Waals surface area contributed by atoms with E-state index in [-0.39, 0.29) is 0 Å². The number of sulfonamides is 1. The second kappa shape index (κ2) is 5.28. The lowest BCUT2D eigenvalue weighted by molar-refractivity contribution is 0.409. The normalized spacial score (nSPS) is 11.9. The molecule has 0 N–H and O–H groups in total. The quantitative estimate of drug-likeness (QED) is 0.770. The summed E-state index contributed by atoms with van der Waals surface area (Å²) in [5.74, 6) is 0. The first-order valence-corrected chi connectivity index (χ1v) is 6.88. The van der Waals surface area contributed by atoms with Crippen LogP contribution in [0.3, 0.4) is 0 Å². The minimum absolute atomic E-state index is 0.466. The maximum absolute atomic E-state index is 11.5. The number of hydrogen-bond acceptors (Lipinski definition) is 2. The summed E-state index contributed by atoms with van der Waals surface area (Å²) < 4.78 is 24.4. The highest BCUT2D eigenvalue weighted by Crippen LogP contribution is 2.08. The standard InChI is InChI=1S/C11H17NO2S/c1-3-9-12(15(2,13)14)10-11-7-5-4-6-8-11/h4-8H,3,9-10H2,1-2H3. The van der Waals surface area contributed by atoms with Crippen molar-refractivity contribution in [2.45, 2.75) is 19.9 Å². The molecule has 1 aromatic carbocycles. The van der Waals surface area contributed by atoms with Gasteiger partial charge in [0.25, 0.3) is 0 Å². The lowest BCUT2D eigenvalue weighted by Gasteiger charge is -2.18. The van der Waals surface area contributed by atoms with Gasteiger partial charge < -0.3 is 0 Å². The van der Waals surface area contributed by atoms with Gasteiger partial charge in [-0.1, -0.05) is 37.3 Å². The van der Waals surface area contributed by atoms with Gasteiger partial charge in [0.05, 0.1) is 6.26 Å². The van der Waals surface area contributed by atoms with Crippen LogP contribution in [-0.4, -0.2) is 25.5 Å². The predicted octanol–water partition coefficient (Wildman–Crippen LogP) is 1.86. The molecule has 0 unspecified atom stereocenters. The topological polar surface area (TPSA) is 37.4 Å². The van der Waals surface area contributed by atoms with E-state index in [4.69, 9.17) is 0 Å². The summed E-state index contributed by atoms with van der Waals surface area (Å²) in [7, 11) is -3.09. The Kier molecular flexibility index (Phi) is 4.29. The van der Waals surface area contributed by atoms with Crippen LogP contribution < -0.4 is 0 Å². The Labute approximate surface area is 91.8 Å². The third-order valence-corrected chi connectivity index (χ3v) is 3.39. The van der Waals surface area contributed by atoms with Crippen molar-refractivity contribution in [3.8, 4) is 0 Å². The summed E-state index contributed by atoms with van der Waals surface area (Å²) in [6.07, 6.45) is 2.09. The number of rotatable bonds is 5.